The third-order valence-corrected chi connectivity index (χ3v) is 3.58. The molecule has 0 saturated heterocycles. The molecule has 1 aliphatic carbocycles. The summed E-state index contributed by atoms with van der Waals surface area (Å²) < 4.78 is 0. The molecule has 2 N–H and O–H groups in total. The maximum atomic E-state index is 10.8. The summed E-state index contributed by atoms with van der Waals surface area (Å²) in [5.41, 5.74) is -0.267. The van der Waals surface area contributed by atoms with Crippen LogP contribution in [-0.4, -0.2) is 44.4 Å². The second-order valence-electron chi connectivity index (χ2n) is 6.15. The summed E-state index contributed by atoms with van der Waals surface area (Å²) >= 11 is 0. The summed E-state index contributed by atoms with van der Waals surface area (Å²) in [4.78, 5) is 16.9. The third-order valence-electron chi connectivity index (χ3n) is 3.58. The highest BCUT2D eigenvalue weighted by molar-refractivity contribution is 5.69. The predicted molar refractivity (Wildman–Crippen MR) is 71.1 cm³/mol. The molecule has 0 heterocycles. The Morgan fingerprint density at radius 3 is 2.30 bits per heavy atom. The number of hydrogen-bond acceptors (Lipinski definition) is 3. The first kappa shape index (κ1) is 16.5. The topological polar surface area (TPSA) is 85.4 Å². The lowest BCUT2D eigenvalue weighted by molar-refractivity contribution is -0.949. The lowest BCUT2D eigenvalue weighted by Gasteiger charge is -2.26. The van der Waals surface area contributed by atoms with E-state index in [1.165, 1.54) is 0 Å². The van der Waals surface area contributed by atoms with E-state index in [-0.39, 0.29) is 17.6 Å². The van der Waals surface area contributed by atoms with Crippen molar-refractivity contribution in [2.24, 2.45) is 11.2 Å². The van der Waals surface area contributed by atoms with Crippen LogP contribution in [0.2, 0.25) is 0 Å². The van der Waals surface area contributed by atoms with Gasteiger partial charge in [-0.15, -0.1) is 5.01 Å². The van der Waals surface area contributed by atoms with Crippen LogP contribution in [0.5, 0.6) is 0 Å². The molecule has 1 rings (SSSR count). The van der Waals surface area contributed by atoms with Crippen LogP contribution >= 0.6 is 0 Å². The summed E-state index contributed by atoms with van der Waals surface area (Å²) in [6.45, 7) is 8.41. The Morgan fingerprint density at radius 2 is 1.90 bits per heavy atom. The van der Waals surface area contributed by atoms with Gasteiger partial charge in [0.1, 0.15) is 6.10 Å². The van der Waals surface area contributed by atoms with Crippen LogP contribution in [-0.2, 0) is 9.63 Å². The lowest BCUT2D eigenvalue weighted by Crippen LogP contribution is -2.46. The minimum atomic E-state index is -0.742. The number of carboxylic acid groups (broad SMARTS) is 1. The van der Waals surface area contributed by atoms with Gasteiger partial charge >= 0.3 is 5.97 Å². The molecule has 7 nitrogen and oxygen atoms in total. The zero-order valence-corrected chi connectivity index (χ0v) is 12.7. The molecule has 0 spiro atoms. The monoisotopic (exact) mass is 288 g/mol. The van der Waals surface area contributed by atoms with E-state index in [9.17, 15) is 10.0 Å². The second-order valence-corrected chi connectivity index (χ2v) is 6.15. The molecule has 7 heteroatoms. The van der Waals surface area contributed by atoms with Crippen molar-refractivity contribution in [3.05, 3.63) is 0 Å². The van der Waals surface area contributed by atoms with Gasteiger partial charge < -0.3 is 9.94 Å². The maximum absolute atomic E-state index is 10.8. The van der Waals surface area contributed by atoms with Crippen molar-refractivity contribution < 1.29 is 24.9 Å². The van der Waals surface area contributed by atoms with Gasteiger partial charge in [0.05, 0.1) is 18.0 Å². The molecule has 1 fully saturated rings. The molecule has 0 aromatic carbocycles. The molecule has 1 aliphatic rings. The van der Waals surface area contributed by atoms with E-state index in [1.54, 1.807) is 5.01 Å². The zero-order chi connectivity index (χ0) is 15.3. The van der Waals surface area contributed by atoms with E-state index in [1.807, 2.05) is 27.7 Å². The van der Waals surface area contributed by atoms with E-state index < -0.39 is 5.97 Å². The number of hydrazine groups is 1. The lowest BCUT2D eigenvalue weighted by atomic mass is 9.88. The quantitative estimate of drug-likeness (QED) is 0.461. The summed E-state index contributed by atoms with van der Waals surface area (Å²) in [7, 11) is 0. The van der Waals surface area contributed by atoms with Crippen molar-refractivity contribution in [1.82, 2.24) is 5.01 Å². The molecule has 0 bridgehead atoms. The van der Waals surface area contributed by atoms with Crippen LogP contribution in [0.1, 0.15) is 53.4 Å². The fourth-order valence-electron chi connectivity index (χ4n) is 2.44. The molecule has 1 saturated carbocycles. The average Bonchev–Trinajstić information content (AvgIpc) is 2.36. The van der Waals surface area contributed by atoms with Crippen LogP contribution in [0.25, 0.3) is 0 Å². The Bertz CT molecular complexity index is 357. The van der Waals surface area contributed by atoms with E-state index in [4.69, 9.17) is 9.94 Å². The number of rotatable bonds is 5. The van der Waals surface area contributed by atoms with Gasteiger partial charge in [0, 0.05) is 0 Å². The summed E-state index contributed by atoms with van der Waals surface area (Å²) in [5.74, 6) is -1.02. The molecule has 116 valence electrons. The summed E-state index contributed by atoms with van der Waals surface area (Å²) in [6, 6.07) is 0. The molecule has 0 aliphatic heterocycles. The smallest absolute Gasteiger partial charge is 0.306 e. The van der Waals surface area contributed by atoms with Crippen LogP contribution in [0.3, 0.4) is 0 Å². The highest BCUT2D eigenvalue weighted by atomic mass is 16.7. The van der Waals surface area contributed by atoms with Crippen molar-refractivity contribution in [2.75, 3.05) is 6.54 Å². The summed E-state index contributed by atoms with van der Waals surface area (Å²) in [5, 5.41) is 24.2. The van der Waals surface area contributed by atoms with Gasteiger partial charge in [-0.3, -0.25) is 4.79 Å². The summed E-state index contributed by atoms with van der Waals surface area (Å²) in [6.07, 6.45) is 2.36. The fraction of sp³-hybridized carbons (Fsp3) is 0.923. The number of hydrogen-bond donors (Lipinski definition) is 2. The van der Waals surface area contributed by atoms with Crippen molar-refractivity contribution in [3.8, 4) is 0 Å². The van der Waals surface area contributed by atoms with Gasteiger partial charge in [0.25, 0.3) is 10.2 Å². The molecule has 0 aromatic rings. The van der Waals surface area contributed by atoms with E-state index in [0.717, 1.165) is 4.97 Å². The normalized spacial score (nSPS) is 24.3. The zero-order valence-electron chi connectivity index (χ0n) is 12.7. The van der Waals surface area contributed by atoms with Gasteiger partial charge in [-0.2, -0.15) is 0 Å². The van der Waals surface area contributed by atoms with Crippen molar-refractivity contribution in [1.29, 1.82) is 0 Å². The number of nitrogens with zero attached hydrogens (tertiary/aromatic N) is 3. The van der Waals surface area contributed by atoms with Crippen LogP contribution in [0, 0.1) is 5.92 Å². The first-order valence-corrected chi connectivity index (χ1v) is 7.11. The Balaban J connectivity index is 2.50. The molecule has 0 atom stereocenters. The first-order chi connectivity index (χ1) is 9.25. The third kappa shape index (κ3) is 4.54. The molecule has 20 heavy (non-hydrogen) atoms. The van der Waals surface area contributed by atoms with E-state index in [0.29, 0.717) is 32.2 Å². The molecule has 0 unspecified atom stereocenters. The van der Waals surface area contributed by atoms with E-state index in [2.05, 4.69) is 5.28 Å². The van der Waals surface area contributed by atoms with Gasteiger partial charge in [0.15, 0.2) is 0 Å². The first-order valence-electron chi connectivity index (χ1n) is 7.11. The average molecular weight is 288 g/mol. The minimum Gasteiger partial charge on any atom is -0.481 e. The Hall–Kier alpha value is -1.53. The molecular formula is C13H26N3O4+. The van der Waals surface area contributed by atoms with Crippen molar-refractivity contribution in [3.63, 3.8) is 0 Å². The molecule has 0 amide bonds. The Morgan fingerprint density at radius 1 is 1.35 bits per heavy atom. The Kier molecular flexibility index (Phi) is 5.59. The standard InChI is InChI=1S/C13H25N3O4/c1-5-15(13(2,3)4)16(19)14-20-11-8-6-10(7-9-11)12(17)18/h10-11H,5-9H2,1-4H3,(H-,14,17,18,19)/p+1/t10-,11+. The SMILES string of the molecule is CCN(/[N+](O)=N/O[C@H]1CC[C@@H](C(=O)O)CC1)C(C)(C)C. The molecular weight excluding hydrogens is 262 g/mol. The fourth-order valence-corrected chi connectivity index (χ4v) is 2.44. The van der Waals surface area contributed by atoms with E-state index >= 15 is 0 Å². The highest BCUT2D eigenvalue weighted by Crippen LogP contribution is 2.26. The minimum absolute atomic E-state index is 0.126. The van der Waals surface area contributed by atoms with Gasteiger partial charge in [-0.25, -0.2) is 5.21 Å². The predicted octanol–water partition coefficient (Wildman–Crippen LogP) is 2.45. The van der Waals surface area contributed by atoms with Crippen molar-refractivity contribution >= 4 is 5.97 Å². The highest BCUT2D eigenvalue weighted by Gasteiger charge is 2.32. The molecule has 0 radical (unpaired) electrons. The molecule has 0 aromatic heterocycles. The Labute approximate surface area is 119 Å². The maximum Gasteiger partial charge on any atom is 0.306 e. The van der Waals surface area contributed by atoms with Crippen LogP contribution in [0.4, 0.5) is 0 Å². The van der Waals surface area contributed by atoms with Crippen molar-refractivity contribution in [2.45, 2.75) is 65.0 Å². The number of aliphatic carboxylic acids is 1. The van der Waals surface area contributed by atoms with Crippen LogP contribution in [0.15, 0.2) is 5.28 Å². The number of carboxylic acids is 1. The number of carbonyl (C=O) groups is 1. The van der Waals surface area contributed by atoms with Gasteiger partial charge in [-0.05, 0) is 53.4 Å². The van der Waals surface area contributed by atoms with Crippen LogP contribution < -0.4 is 0 Å². The largest absolute Gasteiger partial charge is 0.481 e. The van der Waals surface area contributed by atoms with Gasteiger partial charge in [0.2, 0.25) is 0 Å². The van der Waals surface area contributed by atoms with Gasteiger partial charge in [-0.1, -0.05) is 0 Å². The second kappa shape index (κ2) is 6.76.